The van der Waals surface area contributed by atoms with Crippen molar-refractivity contribution in [1.29, 1.82) is 0 Å². The van der Waals surface area contributed by atoms with Gasteiger partial charge in [-0.15, -0.1) is 0 Å². The van der Waals surface area contributed by atoms with Crippen LogP contribution in [0.15, 0.2) is 53.4 Å². The third-order valence-corrected chi connectivity index (χ3v) is 5.41. The van der Waals surface area contributed by atoms with E-state index >= 15 is 0 Å². The maximum Gasteiger partial charge on any atom is 0.124 e. The first-order valence-corrected chi connectivity index (χ1v) is 10.4. The van der Waals surface area contributed by atoms with E-state index in [2.05, 4.69) is 36.5 Å². The van der Waals surface area contributed by atoms with Gasteiger partial charge in [-0.1, -0.05) is 15.9 Å². The van der Waals surface area contributed by atoms with Crippen molar-refractivity contribution in [2.75, 3.05) is 6.61 Å². The first-order valence-electron chi connectivity index (χ1n) is 9.60. The quantitative estimate of drug-likeness (QED) is 0.379. The molecule has 0 radical (unpaired) electrons. The van der Waals surface area contributed by atoms with Crippen LogP contribution in [-0.4, -0.2) is 21.1 Å². The topological polar surface area (TPSA) is 66.0 Å². The van der Waals surface area contributed by atoms with E-state index in [1.165, 1.54) is 12.1 Å². The largest absolute Gasteiger partial charge is 0.493 e. The molecule has 150 valence electrons. The fourth-order valence-electron chi connectivity index (χ4n) is 3.47. The van der Waals surface area contributed by atoms with Gasteiger partial charge in [0.2, 0.25) is 0 Å². The van der Waals surface area contributed by atoms with Crippen molar-refractivity contribution in [2.45, 2.75) is 32.4 Å². The van der Waals surface area contributed by atoms with Gasteiger partial charge in [-0.2, -0.15) is 0 Å². The number of aryl methyl sites for hydroxylation is 1. The van der Waals surface area contributed by atoms with Crippen LogP contribution >= 0.6 is 15.9 Å². The van der Waals surface area contributed by atoms with Crippen LogP contribution in [0.4, 0.5) is 4.39 Å². The van der Waals surface area contributed by atoms with Gasteiger partial charge in [-0.25, -0.2) is 9.37 Å². The molecule has 4 aromatic rings. The molecule has 2 N–H and O–H groups in total. The fraction of sp³-hybridized carbons (Fsp3) is 0.273. The van der Waals surface area contributed by atoms with Crippen LogP contribution in [-0.2, 0) is 6.54 Å². The molecule has 0 aliphatic rings. The van der Waals surface area contributed by atoms with Gasteiger partial charge in [0, 0.05) is 28.0 Å². The van der Waals surface area contributed by atoms with Crippen LogP contribution in [0.5, 0.6) is 5.75 Å². The Balaban J connectivity index is 1.42. The Morgan fingerprint density at radius 3 is 2.83 bits per heavy atom. The van der Waals surface area contributed by atoms with Crippen LogP contribution in [0.2, 0.25) is 0 Å². The number of benzene rings is 2. The van der Waals surface area contributed by atoms with E-state index in [-0.39, 0.29) is 11.9 Å². The molecule has 0 unspecified atom stereocenters. The van der Waals surface area contributed by atoms with Crippen LogP contribution in [0.3, 0.4) is 0 Å². The molecule has 0 saturated carbocycles. The van der Waals surface area contributed by atoms with Crippen molar-refractivity contribution in [3.05, 3.63) is 64.8 Å². The van der Waals surface area contributed by atoms with Crippen molar-refractivity contribution >= 4 is 37.9 Å². The average molecular weight is 457 g/mol. The lowest BCUT2D eigenvalue weighted by molar-refractivity contribution is 0.299. The molecule has 29 heavy (non-hydrogen) atoms. The Bertz CT molecular complexity index is 1160. The second-order valence-electron chi connectivity index (χ2n) is 7.12. The summed E-state index contributed by atoms with van der Waals surface area (Å²) < 4.78 is 22.5. The minimum atomic E-state index is -0.301. The zero-order valence-corrected chi connectivity index (χ0v) is 17.7. The first-order chi connectivity index (χ1) is 14.0. The van der Waals surface area contributed by atoms with E-state index in [0.717, 1.165) is 45.8 Å². The van der Waals surface area contributed by atoms with Gasteiger partial charge in [0.1, 0.15) is 17.1 Å². The van der Waals surface area contributed by atoms with Crippen LogP contribution < -0.4 is 10.5 Å². The van der Waals surface area contributed by atoms with E-state index < -0.39 is 0 Å². The summed E-state index contributed by atoms with van der Waals surface area (Å²) in [5, 5.41) is 1.08. The summed E-state index contributed by atoms with van der Waals surface area (Å²) >= 11 is 3.54. The van der Waals surface area contributed by atoms with Crippen molar-refractivity contribution in [2.24, 2.45) is 5.73 Å². The Kier molecular flexibility index (Phi) is 5.78. The van der Waals surface area contributed by atoms with Crippen molar-refractivity contribution in [3.63, 3.8) is 0 Å². The molecule has 2 aromatic carbocycles. The maximum absolute atomic E-state index is 13.4. The molecular weight excluding hydrogens is 435 g/mol. The summed E-state index contributed by atoms with van der Waals surface area (Å²) in [5.74, 6) is 0.349. The number of fused-ring (bicyclic) bond motifs is 3. The number of ether oxygens (including phenoxy) is 1. The molecule has 7 heteroatoms. The molecule has 2 aromatic heterocycles. The van der Waals surface area contributed by atoms with Gasteiger partial charge in [0.15, 0.2) is 0 Å². The lowest BCUT2D eigenvalue weighted by atomic mass is 10.1. The minimum Gasteiger partial charge on any atom is -0.493 e. The predicted octanol–water partition coefficient (Wildman–Crippen LogP) is 5.37. The van der Waals surface area contributed by atoms with Crippen molar-refractivity contribution in [3.8, 4) is 5.75 Å². The average Bonchev–Trinajstić information content (AvgIpc) is 3.12. The summed E-state index contributed by atoms with van der Waals surface area (Å²) in [6.07, 6.45) is 5.47. The summed E-state index contributed by atoms with van der Waals surface area (Å²) in [7, 11) is 0. The molecule has 4 rings (SSSR count). The molecular formula is C22H22BrFN4O. The standard InChI is InChI=1S/C22H22BrFN4O/c1-14(25)17-11-16(24)5-7-21(17)29-9-3-2-8-28-13-27-20-12-26-19-6-4-15(23)10-18(19)22(20)28/h4-7,10-14H,2-3,8-9,25H2,1H3/t14-/m1/s1. The monoisotopic (exact) mass is 456 g/mol. The molecule has 2 heterocycles. The highest BCUT2D eigenvalue weighted by Gasteiger charge is 2.11. The number of hydrogen-bond acceptors (Lipinski definition) is 4. The summed E-state index contributed by atoms with van der Waals surface area (Å²) in [4.78, 5) is 8.97. The minimum absolute atomic E-state index is 0.278. The summed E-state index contributed by atoms with van der Waals surface area (Å²) in [6.45, 7) is 3.20. The predicted molar refractivity (Wildman–Crippen MR) is 116 cm³/mol. The molecule has 0 fully saturated rings. The fourth-order valence-corrected chi connectivity index (χ4v) is 3.83. The van der Waals surface area contributed by atoms with Crippen molar-refractivity contribution < 1.29 is 9.13 Å². The normalized spacial score (nSPS) is 12.6. The maximum atomic E-state index is 13.4. The highest BCUT2D eigenvalue weighted by molar-refractivity contribution is 9.10. The van der Waals surface area contributed by atoms with Crippen LogP contribution in [0.1, 0.15) is 31.4 Å². The van der Waals surface area contributed by atoms with Gasteiger partial charge >= 0.3 is 0 Å². The van der Waals surface area contributed by atoms with Crippen LogP contribution in [0.25, 0.3) is 21.9 Å². The first kappa shape index (κ1) is 19.8. The zero-order valence-electron chi connectivity index (χ0n) is 16.1. The number of halogens is 2. The van der Waals surface area contributed by atoms with Gasteiger partial charge < -0.3 is 15.0 Å². The highest BCUT2D eigenvalue weighted by atomic mass is 79.9. The van der Waals surface area contributed by atoms with Gasteiger partial charge in [-0.3, -0.25) is 4.98 Å². The number of rotatable bonds is 7. The second-order valence-corrected chi connectivity index (χ2v) is 8.03. The lowest BCUT2D eigenvalue weighted by Crippen LogP contribution is -2.09. The molecule has 0 saturated heterocycles. The zero-order chi connectivity index (χ0) is 20.4. The van der Waals surface area contributed by atoms with Gasteiger partial charge in [0.25, 0.3) is 0 Å². The molecule has 1 atom stereocenters. The molecule has 0 amide bonds. The van der Waals surface area contributed by atoms with E-state index in [1.807, 2.05) is 31.6 Å². The van der Waals surface area contributed by atoms with E-state index in [4.69, 9.17) is 10.5 Å². The van der Waals surface area contributed by atoms with Gasteiger partial charge in [0.05, 0.1) is 30.2 Å². The summed E-state index contributed by atoms with van der Waals surface area (Å²) in [6, 6.07) is 10.3. The molecule has 0 aliphatic carbocycles. The lowest BCUT2D eigenvalue weighted by Gasteiger charge is -2.14. The number of hydrogen-bond donors (Lipinski definition) is 1. The number of nitrogens with zero attached hydrogens (tertiary/aromatic N) is 3. The molecule has 0 aliphatic heterocycles. The Morgan fingerprint density at radius 2 is 2.00 bits per heavy atom. The van der Waals surface area contributed by atoms with E-state index in [1.54, 1.807) is 6.07 Å². The molecule has 5 nitrogen and oxygen atoms in total. The molecule has 0 bridgehead atoms. The number of unbranched alkanes of at least 4 members (excludes halogenated alkanes) is 1. The second kappa shape index (κ2) is 8.47. The van der Waals surface area contributed by atoms with E-state index in [0.29, 0.717) is 17.9 Å². The highest BCUT2D eigenvalue weighted by Crippen LogP contribution is 2.27. The van der Waals surface area contributed by atoms with Crippen molar-refractivity contribution in [1.82, 2.24) is 14.5 Å². The smallest absolute Gasteiger partial charge is 0.124 e. The van der Waals surface area contributed by atoms with Gasteiger partial charge in [-0.05, 0) is 56.2 Å². The number of nitrogens with two attached hydrogens (primary N) is 1. The Labute approximate surface area is 176 Å². The number of pyridine rings is 1. The Hall–Kier alpha value is -2.51. The third-order valence-electron chi connectivity index (χ3n) is 4.92. The van der Waals surface area contributed by atoms with Crippen LogP contribution in [0, 0.1) is 5.82 Å². The third kappa shape index (κ3) is 4.26. The number of aromatic nitrogens is 3. The number of imidazole rings is 1. The van der Waals surface area contributed by atoms with E-state index in [9.17, 15) is 4.39 Å². The SMILES string of the molecule is C[C@@H](N)c1cc(F)ccc1OCCCCn1cnc2cnc3ccc(Br)cc3c21. The Morgan fingerprint density at radius 1 is 1.14 bits per heavy atom. The molecule has 0 spiro atoms. The summed E-state index contributed by atoms with van der Waals surface area (Å²) in [5.41, 5.74) is 9.54.